The van der Waals surface area contributed by atoms with Crippen LogP contribution in [0.2, 0.25) is 0 Å². The summed E-state index contributed by atoms with van der Waals surface area (Å²) in [5, 5.41) is 11.6. The molecule has 15 heavy (non-hydrogen) atoms. The molecule has 3 atom stereocenters. The van der Waals surface area contributed by atoms with Crippen molar-refractivity contribution in [2.24, 2.45) is 5.92 Å². The lowest BCUT2D eigenvalue weighted by Crippen LogP contribution is -2.44. The molecule has 0 saturated heterocycles. The van der Waals surface area contributed by atoms with Crippen LogP contribution in [0.5, 0.6) is 0 Å². The van der Waals surface area contributed by atoms with E-state index in [2.05, 4.69) is 5.32 Å². The van der Waals surface area contributed by atoms with Gasteiger partial charge in [0.2, 0.25) is 5.91 Å². The minimum atomic E-state index is -0.831. The van der Waals surface area contributed by atoms with Crippen molar-refractivity contribution in [1.29, 1.82) is 0 Å². The topological polar surface area (TPSA) is 75.6 Å². The van der Waals surface area contributed by atoms with Gasteiger partial charge in [0.15, 0.2) is 0 Å². The summed E-state index contributed by atoms with van der Waals surface area (Å²) in [7, 11) is 1.45. The van der Waals surface area contributed by atoms with E-state index >= 15 is 0 Å². The van der Waals surface area contributed by atoms with Crippen molar-refractivity contribution in [3.8, 4) is 0 Å². The molecule has 1 amide bonds. The Hall–Kier alpha value is -1.10. The highest BCUT2D eigenvalue weighted by atomic mass is 16.5. The van der Waals surface area contributed by atoms with Crippen LogP contribution in [0.4, 0.5) is 0 Å². The van der Waals surface area contributed by atoms with Crippen molar-refractivity contribution >= 4 is 11.9 Å². The molecule has 0 radical (unpaired) electrons. The number of carboxylic acid groups (broad SMARTS) is 1. The number of rotatable bonds is 4. The first-order valence-corrected chi connectivity index (χ1v) is 5.12. The van der Waals surface area contributed by atoms with Crippen molar-refractivity contribution < 1.29 is 19.4 Å². The van der Waals surface area contributed by atoms with Crippen LogP contribution in [0, 0.1) is 5.92 Å². The molecule has 2 N–H and O–H groups in total. The molecule has 1 aliphatic carbocycles. The number of aliphatic carboxylic acids is 1. The second kappa shape index (κ2) is 5.11. The minimum absolute atomic E-state index is 0.240. The summed E-state index contributed by atoms with van der Waals surface area (Å²) in [6.07, 6.45) is 1.70. The first-order chi connectivity index (χ1) is 7.06. The Morgan fingerprint density at radius 2 is 2.13 bits per heavy atom. The third-order valence-electron chi connectivity index (χ3n) is 2.88. The molecule has 0 aromatic rings. The summed E-state index contributed by atoms with van der Waals surface area (Å²) >= 11 is 0. The molecule has 1 aliphatic rings. The van der Waals surface area contributed by atoms with Gasteiger partial charge in [-0.2, -0.15) is 0 Å². The largest absolute Gasteiger partial charge is 0.481 e. The smallest absolute Gasteiger partial charge is 0.308 e. The third kappa shape index (κ3) is 2.92. The highest BCUT2D eigenvalue weighted by Gasteiger charge is 2.34. The Bertz CT molecular complexity index is 254. The molecule has 0 aromatic heterocycles. The van der Waals surface area contributed by atoms with Gasteiger partial charge >= 0.3 is 5.97 Å². The van der Waals surface area contributed by atoms with Gasteiger partial charge < -0.3 is 15.2 Å². The maximum atomic E-state index is 11.5. The number of carbonyl (C=O) groups excluding carboxylic acids is 1. The van der Waals surface area contributed by atoms with Gasteiger partial charge in [-0.15, -0.1) is 0 Å². The van der Waals surface area contributed by atoms with E-state index in [4.69, 9.17) is 9.84 Å². The van der Waals surface area contributed by atoms with E-state index in [0.717, 1.165) is 12.8 Å². The van der Waals surface area contributed by atoms with E-state index in [1.54, 1.807) is 6.92 Å². The van der Waals surface area contributed by atoms with Crippen molar-refractivity contribution in [2.75, 3.05) is 7.11 Å². The Morgan fingerprint density at radius 1 is 1.47 bits per heavy atom. The van der Waals surface area contributed by atoms with E-state index in [-0.39, 0.29) is 11.9 Å². The van der Waals surface area contributed by atoms with Crippen LogP contribution in [0.1, 0.15) is 26.2 Å². The fourth-order valence-corrected chi connectivity index (χ4v) is 1.84. The molecule has 1 fully saturated rings. The summed E-state index contributed by atoms with van der Waals surface area (Å²) in [4.78, 5) is 22.3. The van der Waals surface area contributed by atoms with Crippen molar-refractivity contribution in [3.05, 3.63) is 0 Å². The average molecular weight is 215 g/mol. The van der Waals surface area contributed by atoms with E-state index in [0.29, 0.717) is 6.42 Å². The van der Waals surface area contributed by atoms with Crippen molar-refractivity contribution in [2.45, 2.75) is 38.3 Å². The molecule has 1 rings (SSSR count). The molecule has 0 spiro atoms. The lowest BCUT2D eigenvalue weighted by Gasteiger charge is -2.19. The molecule has 5 heteroatoms. The summed E-state index contributed by atoms with van der Waals surface area (Å²) in [5.41, 5.74) is 0. The summed E-state index contributed by atoms with van der Waals surface area (Å²) in [5.74, 6) is -1.52. The van der Waals surface area contributed by atoms with Crippen LogP contribution in [0.15, 0.2) is 0 Å². The normalized spacial score (nSPS) is 27.3. The van der Waals surface area contributed by atoms with Crippen LogP contribution >= 0.6 is 0 Å². The van der Waals surface area contributed by atoms with Gasteiger partial charge in [0.1, 0.15) is 6.10 Å². The number of nitrogens with one attached hydrogen (secondary N) is 1. The molecular weight excluding hydrogens is 198 g/mol. The van der Waals surface area contributed by atoms with Gasteiger partial charge in [-0.3, -0.25) is 9.59 Å². The van der Waals surface area contributed by atoms with Gasteiger partial charge in [0, 0.05) is 13.2 Å². The summed E-state index contributed by atoms with van der Waals surface area (Å²) in [6.45, 7) is 1.64. The van der Waals surface area contributed by atoms with Crippen molar-refractivity contribution in [1.82, 2.24) is 5.32 Å². The van der Waals surface area contributed by atoms with Gasteiger partial charge in [-0.25, -0.2) is 0 Å². The Kier molecular flexibility index (Phi) is 4.08. The number of hydrogen-bond acceptors (Lipinski definition) is 3. The van der Waals surface area contributed by atoms with Crippen molar-refractivity contribution in [3.63, 3.8) is 0 Å². The number of hydrogen-bond donors (Lipinski definition) is 2. The fraction of sp³-hybridized carbons (Fsp3) is 0.800. The fourth-order valence-electron chi connectivity index (χ4n) is 1.84. The van der Waals surface area contributed by atoms with Gasteiger partial charge in [0.05, 0.1) is 5.92 Å². The standard InChI is InChI=1S/C10H17NO4/c1-6(15-2)9(12)11-8-5-3-4-7(8)10(13)14/h6-8H,3-5H2,1-2H3,(H,11,12)(H,13,14). The predicted molar refractivity (Wildman–Crippen MR) is 53.4 cm³/mol. The van der Waals surface area contributed by atoms with Crippen LogP contribution in [-0.2, 0) is 14.3 Å². The predicted octanol–water partition coefficient (Wildman–Crippen LogP) is 0.391. The molecule has 1 saturated carbocycles. The molecule has 0 aromatic carbocycles. The van der Waals surface area contributed by atoms with Crippen LogP contribution in [-0.4, -0.2) is 36.2 Å². The second-order valence-corrected chi connectivity index (χ2v) is 3.87. The lowest BCUT2D eigenvalue weighted by molar-refractivity contribution is -0.142. The quantitative estimate of drug-likeness (QED) is 0.711. The molecular formula is C10H17NO4. The summed E-state index contributed by atoms with van der Waals surface area (Å²) < 4.78 is 4.86. The average Bonchev–Trinajstić information content (AvgIpc) is 2.64. The first kappa shape index (κ1) is 12.0. The Morgan fingerprint density at radius 3 is 2.67 bits per heavy atom. The number of ether oxygens (including phenoxy) is 1. The zero-order chi connectivity index (χ0) is 11.4. The minimum Gasteiger partial charge on any atom is -0.481 e. The molecule has 0 heterocycles. The van der Waals surface area contributed by atoms with Gasteiger partial charge in [-0.05, 0) is 19.8 Å². The molecule has 0 aliphatic heterocycles. The second-order valence-electron chi connectivity index (χ2n) is 3.87. The molecule has 0 bridgehead atoms. The highest BCUT2D eigenvalue weighted by molar-refractivity contribution is 5.81. The Labute approximate surface area is 88.8 Å². The lowest BCUT2D eigenvalue weighted by atomic mass is 10.0. The Balaban J connectivity index is 2.50. The maximum Gasteiger partial charge on any atom is 0.308 e. The number of methoxy groups -OCH3 is 1. The number of amides is 1. The summed E-state index contributed by atoms with van der Waals surface area (Å²) in [6, 6.07) is -0.243. The zero-order valence-corrected chi connectivity index (χ0v) is 9.03. The SMILES string of the molecule is COC(C)C(=O)NC1CCCC1C(=O)O. The monoisotopic (exact) mass is 215 g/mol. The number of carboxylic acids is 1. The van der Waals surface area contributed by atoms with E-state index in [1.165, 1.54) is 7.11 Å². The van der Waals surface area contributed by atoms with E-state index < -0.39 is 18.0 Å². The molecule has 5 nitrogen and oxygen atoms in total. The zero-order valence-electron chi connectivity index (χ0n) is 9.03. The van der Waals surface area contributed by atoms with Gasteiger partial charge in [-0.1, -0.05) is 6.42 Å². The number of carbonyl (C=O) groups is 2. The maximum absolute atomic E-state index is 11.5. The molecule has 3 unspecified atom stereocenters. The third-order valence-corrected chi connectivity index (χ3v) is 2.88. The van der Waals surface area contributed by atoms with E-state index in [1.807, 2.05) is 0 Å². The molecule has 86 valence electrons. The van der Waals surface area contributed by atoms with Crippen LogP contribution < -0.4 is 5.32 Å². The van der Waals surface area contributed by atoms with Gasteiger partial charge in [0.25, 0.3) is 0 Å². The van der Waals surface area contributed by atoms with Crippen LogP contribution in [0.3, 0.4) is 0 Å². The first-order valence-electron chi connectivity index (χ1n) is 5.12. The highest BCUT2D eigenvalue weighted by Crippen LogP contribution is 2.25. The van der Waals surface area contributed by atoms with E-state index in [9.17, 15) is 9.59 Å². The van der Waals surface area contributed by atoms with Crippen LogP contribution in [0.25, 0.3) is 0 Å².